The highest BCUT2D eigenvalue weighted by atomic mass is 16.5. The minimum absolute atomic E-state index is 0.598. The summed E-state index contributed by atoms with van der Waals surface area (Å²) < 4.78 is 11.1. The zero-order chi connectivity index (χ0) is 12.8. The average molecular weight is 249 g/mol. The monoisotopic (exact) mass is 249 g/mol. The fourth-order valence-corrected chi connectivity index (χ4v) is 2.19. The van der Waals surface area contributed by atoms with Crippen LogP contribution in [0.1, 0.15) is 24.0 Å². The minimum Gasteiger partial charge on any atom is -0.492 e. The molecule has 0 aliphatic carbocycles. The highest BCUT2D eigenvalue weighted by Crippen LogP contribution is 2.18. The summed E-state index contributed by atoms with van der Waals surface area (Å²) in [5.41, 5.74) is 2.44. The Hall–Kier alpha value is -1.06. The van der Waals surface area contributed by atoms with Crippen LogP contribution in [0.2, 0.25) is 0 Å². The second-order valence-electron chi connectivity index (χ2n) is 4.96. The van der Waals surface area contributed by atoms with E-state index in [2.05, 4.69) is 37.4 Å². The third-order valence-electron chi connectivity index (χ3n) is 3.36. The first-order chi connectivity index (χ1) is 8.75. The van der Waals surface area contributed by atoms with Crippen LogP contribution < -0.4 is 10.1 Å². The highest BCUT2D eigenvalue weighted by molar-refractivity contribution is 5.35. The molecule has 3 nitrogen and oxygen atoms in total. The minimum atomic E-state index is 0.598. The molecule has 3 heteroatoms. The summed E-state index contributed by atoms with van der Waals surface area (Å²) in [6.45, 7) is 7.57. The van der Waals surface area contributed by atoms with Crippen molar-refractivity contribution in [1.82, 2.24) is 5.32 Å². The summed E-state index contributed by atoms with van der Waals surface area (Å²) in [7, 11) is 0. The molecule has 0 radical (unpaired) electrons. The van der Waals surface area contributed by atoms with Crippen LogP contribution in [0.5, 0.6) is 5.75 Å². The quantitative estimate of drug-likeness (QED) is 0.813. The Labute approximate surface area is 109 Å². The summed E-state index contributed by atoms with van der Waals surface area (Å²) in [6, 6.07) is 6.92. The van der Waals surface area contributed by atoms with E-state index in [1.807, 2.05) is 0 Å². The topological polar surface area (TPSA) is 30.5 Å². The zero-order valence-electron chi connectivity index (χ0n) is 11.4. The smallest absolute Gasteiger partial charge is 0.122 e. The van der Waals surface area contributed by atoms with Gasteiger partial charge >= 0.3 is 0 Å². The largest absolute Gasteiger partial charge is 0.492 e. The number of hydrogen-bond donors (Lipinski definition) is 1. The van der Waals surface area contributed by atoms with Crippen LogP contribution in [-0.4, -0.2) is 32.4 Å². The molecule has 1 N–H and O–H groups in total. The Morgan fingerprint density at radius 3 is 2.83 bits per heavy atom. The second-order valence-corrected chi connectivity index (χ2v) is 4.96. The van der Waals surface area contributed by atoms with E-state index in [0.29, 0.717) is 6.04 Å². The lowest BCUT2D eigenvalue weighted by molar-refractivity contribution is 0.0770. The molecule has 100 valence electrons. The lowest BCUT2D eigenvalue weighted by Gasteiger charge is -2.23. The molecule has 0 saturated carbocycles. The summed E-state index contributed by atoms with van der Waals surface area (Å²) in [5.74, 6) is 1.00. The van der Waals surface area contributed by atoms with Gasteiger partial charge in [0, 0.05) is 25.8 Å². The molecule has 0 bridgehead atoms. The van der Waals surface area contributed by atoms with E-state index in [1.165, 1.54) is 11.1 Å². The third kappa shape index (κ3) is 4.00. The molecule has 1 aliphatic rings. The number of aryl methyl sites for hydroxylation is 2. The van der Waals surface area contributed by atoms with E-state index in [0.717, 1.165) is 45.0 Å². The van der Waals surface area contributed by atoms with Gasteiger partial charge in [0.1, 0.15) is 12.4 Å². The van der Waals surface area contributed by atoms with E-state index in [1.54, 1.807) is 0 Å². The van der Waals surface area contributed by atoms with Gasteiger partial charge in [-0.05, 0) is 43.9 Å². The predicted molar refractivity (Wildman–Crippen MR) is 73.3 cm³/mol. The molecule has 0 spiro atoms. The maximum absolute atomic E-state index is 5.81. The van der Waals surface area contributed by atoms with Gasteiger partial charge < -0.3 is 14.8 Å². The predicted octanol–water partition coefficient (Wildman–Crippen LogP) is 2.45. The van der Waals surface area contributed by atoms with Crippen LogP contribution in [0.15, 0.2) is 18.2 Å². The highest BCUT2D eigenvalue weighted by Gasteiger charge is 2.12. The van der Waals surface area contributed by atoms with E-state index >= 15 is 0 Å². The Morgan fingerprint density at radius 1 is 1.28 bits per heavy atom. The van der Waals surface area contributed by atoms with Gasteiger partial charge in [-0.1, -0.05) is 12.1 Å². The van der Waals surface area contributed by atoms with Gasteiger partial charge in [0.05, 0.1) is 0 Å². The summed E-state index contributed by atoms with van der Waals surface area (Å²) in [6.07, 6.45) is 2.23. The van der Waals surface area contributed by atoms with Gasteiger partial charge in [0.25, 0.3) is 0 Å². The van der Waals surface area contributed by atoms with Gasteiger partial charge in [0.2, 0.25) is 0 Å². The number of benzene rings is 1. The molecule has 1 fully saturated rings. The molecular formula is C15H23NO2. The standard InChI is InChI=1S/C15H23NO2/c1-12-3-4-13(2)15(11-12)18-10-7-16-14-5-8-17-9-6-14/h3-4,11,14,16H,5-10H2,1-2H3. The van der Waals surface area contributed by atoms with Crippen LogP contribution in [-0.2, 0) is 4.74 Å². The Balaban J connectivity index is 1.69. The van der Waals surface area contributed by atoms with Crippen molar-refractivity contribution in [1.29, 1.82) is 0 Å². The fraction of sp³-hybridized carbons (Fsp3) is 0.600. The SMILES string of the molecule is Cc1ccc(C)c(OCCNC2CCOCC2)c1. The lowest BCUT2D eigenvalue weighted by Crippen LogP contribution is -2.37. The molecule has 1 saturated heterocycles. The molecular weight excluding hydrogens is 226 g/mol. The van der Waals surface area contributed by atoms with E-state index in [-0.39, 0.29) is 0 Å². The maximum atomic E-state index is 5.81. The van der Waals surface area contributed by atoms with Gasteiger partial charge in [-0.15, -0.1) is 0 Å². The molecule has 1 heterocycles. The van der Waals surface area contributed by atoms with E-state index in [4.69, 9.17) is 9.47 Å². The lowest BCUT2D eigenvalue weighted by atomic mass is 10.1. The molecule has 2 rings (SSSR count). The van der Waals surface area contributed by atoms with Crippen molar-refractivity contribution in [2.75, 3.05) is 26.4 Å². The molecule has 1 aromatic rings. The number of nitrogens with one attached hydrogen (secondary N) is 1. The maximum Gasteiger partial charge on any atom is 0.122 e. The first kappa shape index (κ1) is 13.4. The first-order valence-corrected chi connectivity index (χ1v) is 6.77. The van der Waals surface area contributed by atoms with Crippen molar-refractivity contribution in [2.24, 2.45) is 0 Å². The van der Waals surface area contributed by atoms with Crippen molar-refractivity contribution < 1.29 is 9.47 Å². The number of ether oxygens (including phenoxy) is 2. The number of hydrogen-bond acceptors (Lipinski definition) is 3. The van der Waals surface area contributed by atoms with Crippen molar-refractivity contribution in [3.8, 4) is 5.75 Å². The zero-order valence-corrected chi connectivity index (χ0v) is 11.4. The molecule has 0 amide bonds. The van der Waals surface area contributed by atoms with Crippen molar-refractivity contribution in [2.45, 2.75) is 32.7 Å². The van der Waals surface area contributed by atoms with E-state index in [9.17, 15) is 0 Å². The van der Waals surface area contributed by atoms with Crippen molar-refractivity contribution in [3.63, 3.8) is 0 Å². The number of rotatable bonds is 5. The van der Waals surface area contributed by atoms with Gasteiger partial charge in [-0.2, -0.15) is 0 Å². The van der Waals surface area contributed by atoms with Crippen molar-refractivity contribution in [3.05, 3.63) is 29.3 Å². The molecule has 1 aromatic carbocycles. The Bertz CT molecular complexity index is 373. The van der Waals surface area contributed by atoms with Crippen LogP contribution in [0.3, 0.4) is 0 Å². The first-order valence-electron chi connectivity index (χ1n) is 6.77. The fourth-order valence-electron chi connectivity index (χ4n) is 2.19. The molecule has 0 atom stereocenters. The normalized spacial score (nSPS) is 16.8. The average Bonchev–Trinajstić information content (AvgIpc) is 2.40. The summed E-state index contributed by atoms with van der Waals surface area (Å²) >= 11 is 0. The second kappa shape index (κ2) is 6.76. The van der Waals surface area contributed by atoms with Gasteiger partial charge in [-0.25, -0.2) is 0 Å². The van der Waals surface area contributed by atoms with Crippen LogP contribution in [0.4, 0.5) is 0 Å². The van der Waals surface area contributed by atoms with E-state index < -0.39 is 0 Å². The van der Waals surface area contributed by atoms with Crippen LogP contribution >= 0.6 is 0 Å². The van der Waals surface area contributed by atoms with Gasteiger partial charge in [0.15, 0.2) is 0 Å². The molecule has 18 heavy (non-hydrogen) atoms. The van der Waals surface area contributed by atoms with Gasteiger partial charge in [-0.3, -0.25) is 0 Å². The van der Waals surface area contributed by atoms with Crippen molar-refractivity contribution >= 4 is 0 Å². The molecule has 1 aliphatic heterocycles. The summed E-state index contributed by atoms with van der Waals surface area (Å²) in [5, 5.41) is 3.52. The molecule has 0 aromatic heterocycles. The Kier molecular flexibility index (Phi) is 5.02. The van der Waals surface area contributed by atoms with Crippen LogP contribution in [0.25, 0.3) is 0 Å². The van der Waals surface area contributed by atoms with Crippen LogP contribution in [0, 0.1) is 13.8 Å². The molecule has 0 unspecified atom stereocenters. The summed E-state index contributed by atoms with van der Waals surface area (Å²) in [4.78, 5) is 0. The Morgan fingerprint density at radius 2 is 2.06 bits per heavy atom. The third-order valence-corrected chi connectivity index (χ3v) is 3.36.